The first kappa shape index (κ1) is 17.5. The molecule has 1 aromatic heterocycles. The summed E-state index contributed by atoms with van der Waals surface area (Å²) < 4.78 is 2.04. The minimum absolute atomic E-state index is 0.548. The zero-order valence-electron chi connectivity index (χ0n) is 13.8. The Morgan fingerprint density at radius 2 is 1.96 bits per heavy atom. The lowest BCUT2D eigenvalue weighted by Gasteiger charge is -2.10. The summed E-state index contributed by atoms with van der Waals surface area (Å²) >= 11 is 7.64. The molecule has 0 fully saturated rings. The summed E-state index contributed by atoms with van der Waals surface area (Å²) in [6, 6.07) is 18.0. The molecule has 0 atom stereocenters. The molecule has 0 aliphatic rings. The van der Waals surface area contributed by atoms with E-state index in [1.165, 1.54) is 5.56 Å². The molecule has 126 valence electrons. The van der Waals surface area contributed by atoms with Gasteiger partial charge in [-0.25, -0.2) is 0 Å². The topological polar surface area (TPSA) is 54.5 Å². The number of rotatable bonds is 6. The highest BCUT2D eigenvalue weighted by Gasteiger charge is 2.16. The third-order valence-corrected chi connectivity index (χ3v) is 4.93. The predicted molar refractivity (Wildman–Crippen MR) is 102 cm³/mol. The van der Waals surface area contributed by atoms with Crippen molar-refractivity contribution < 1.29 is 0 Å². The van der Waals surface area contributed by atoms with Crippen molar-refractivity contribution in [2.75, 3.05) is 5.75 Å². The Bertz CT molecular complexity index is 897. The molecule has 0 unspecified atom stereocenters. The van der Waals surface area contributed by atoms with E-state index >= 15 is 0 Å². The SMILES string of the molecule is Cc1cccc(-c2nnc(SCCCC#N)n2-c2ccc(Cl)cc2)c1. The average molecular weight is 369 g/mol. The first-order valence-corrected chi connectivity index (χ1v) is 9.33. The fourth-order valence-corrected chi connectivity index (χ4v) is 3.49. The summed E-state index contributed by atoms with van der Waals surface area (Å²) in [4.78, 5) is 0. The van der Waals surface area contributed by atoms with Crippen LogP contribution in [-0.4, -0.2) is 20.5 Å². The minimum atomic E-state index is 0.548. The van der Waals surface area contributed by atoms with Crippen LogP contribution in [0.4, 0.5) is 0 Å². The van der Waals surface area contributed by atoms with Crippen molar-refractivity contribution in [1.29, 1.82) is 5.26 Å². The number of benzene rings is 2. The number of hydrogen-bond acceptors (Lipinski definition) is 4. The lowest BCUT2D eigenvalue weighted by molar-refractivity contribution is 0.880. The molecule has 0 N–H and O–H groups in total. The molecule has 6 heteroatoms. The van der Waals surface area contributed by atoms with Crippen LogP contribution in [-0.2, 0) is 0 Å². The molecule has 3 aromatic rings. The van der Waals surface area contributed by atoms with E-state index in [1.54, 1.807) is 11.8 Å². The Morgan fingerprint density at radius 1 is 1.16 bits per heavy atom. The normalized spacial score (nSPS) is 10.6. The van der Waals surface area contributed by atoms with Crippen LogP contribution in [0.5, 0.6) is 0 Å². The Kier molecular flexibility index (Phi) is 5.75. The molecular formula is C19H17ClN4S. The fraction of sp³-hybridized carbons (Fsp3) is 0.211. The van der Waals surface area contributed by atoms with E-state index in [2.05, 4.69) is 35.3 Å². The lowest BCUT2D eigenvalue weighted by Crippen LogP contribution is -2.00. The van der Waals surface area contributed by atoms with Gasteiger partial charge < -0.3 is 0 Å². The van der Waals surface area contributed by atoms with Gasteiger partial charge in [0.2, 0.25) is 0 Å². The van der Waals surface area contributed by atoms with Gasteiger partial charge >= 0.3 is 0 Å². The first-order chi connectivity index (χ1) is 12.2. The van der Waals surface area contributed by atoms with Crippen molar-refractivity contribution >= 4 is 23.4 Å². The lowest BCUT2D eigenvalue weighted by atomic mass is 10.1. The zero-order valence-corrected chi connectivity index (χ0v) is 15.4. The van der Waals surface area contributed by atoms with Crippen LogP contribution >= 0.6 is 23.4 Å². The van der Waals surface area contributed by atoms with E-state index in [0.29, 0.717) is 11.4 Å². The third kappa shape index (κ3) is 4.22. The number of nitrogens with zero attached hydrogens (tertiary/aromatic N) is 4. The van der Waals surface area contributed by atoms with E-state index in [9.17, 15) is 0 Å². The molecule has 25 heavy (non-hydrogen) atoms. The average Bonchev–Trinajstić information content (AvgIpc) is 3.03. The van der Waals surface area contributed by atoms with Gasteiger partial charge in [-0.2, -0.15) is 5.26 Å². The van der Waals surface area contributed by atoms with E-state index in [1.807, 2.05) is 41.0 Å². The number of thioether (sulfide) groups is 1. The Morgan fingerprint density at radius 3 is 2.68 bits per heavy atom. The van der Waals surface area contributed by atoms with Crippen molar-refractivity contribution in [3.05, 3.63) is 59.1 Å². The molecule has 0 aliphatic carbocycles. The van der Waals surface area contributed by atoms with Gasteiger partial charge in [0.15, 0.2) is 11.0 Å². The van der Waals surface area contributed by atoms with Gasteiger partial charge in [-0.3, -0.25) is 4.57 Å². The van der Waals surface area contributed by atoms with Crippen molar-refractivity contribution in [3.63, 3.8) is 0 Å². The molecule has 0 bridgehead atoms. The van der Waals surface area contributed by atoms with E-state index in [-0.39, 0.29) is 0 Å². The molecule has 0 radical (unpaired) electrons. The predicted octanol–water partition coefficient (Wildman–Crippen LogP) is 5.29. The van der Waals surface area contributed by atoms with Gasteiger partial charge in [-0.1, -0.05) is 47.1 Å². The smallest absolute Gasteiger partial charge is 0.196 e. The summed E-state index contributed by atoms with van der Waals surface area (Å²) in [5, 5.41) is 19.0. The molecule has 3 rings (SSSR count). The van der Waals surface area contributed by atoms with Crippen LogP contribution in [0.1, 0.15) is 18.4 Å². The van der Waals surface area contributed by atoms with Crippen LogP contribution in [0, 0.1) is 18.3 Å². The summed E-state index contributed by atoms with van der Waals surface area (Å²) in [5.74, 6) is 1.63. The number of unbranched alkanes of at least 4 members (excludes halogenated alkanes) is 1. The van der Waals surface area contributed by atoms with E-state index in [0.717, 1.165) is 34.4 Å². The van der Waals surface area contributed by atoms with Gasteiger partial charge in [0.1, 0.15) is 0 Å². The molecule has 4 nitrogen and oxygen atoms in total. The summed E-state index contributed by atoms with van der Waals surface area (Å²) in [6.45, 7) is 2.06. The van der Waals surface area contributed by atoms with Crippen LogP contribution in [0.2, 0.25) is 5.02 Å². The molecule has 1 heterocycles. The minimum Gasteiger partial charge on any atom is -0.270 e. The quantitative estimate of drug-likeness (QED) is 0.438. The Labute approximate surface area is 156 Å². The van der Waals surface area contributed by atoms with Gasteiger partial charge in [0, 0.05) is 28.4 Å². The molecule has 0 aliphatic heterocycles. The number of aromatic nitrogens is 3. The van der Waals surface area contributed by atoms with Crippen molar-refractivity contribution in [3.8, 4) is 23.1 Å². The maximum Gasteiger partial charge on any atom is 0.196 e. The number of aryl methyl sites for hydroxylation is 1. The van der Waals surface area contributed by atoms with Crippen LogP contribution in [0.15, 0.2) is 53.7 Å². The maximum atomic E-state index is 8.70. The van der Waals surface area contributed by atoms with E-state index in [4.69, 9.17) is 16.9 Å². The molecule has 0 saturated heterocycles. The summed E-state index contributed by atoms with van der Waals surface area (Å²) in [7, 11) is 0. The second-order valence-electron chi connectivity index (χ2n) is 5.60. The molecular weight excluding hydrogens is 352 g/mol. The van der Waals surface area contributed by atoms with Crippen molar-refractivity contribution in [1.82, 2.24) is 14.8 Å². The largest absolute Gasteiger partial charge is 0.270 e. The van der Waals surface area contributed by atoms with Crippen molar-refractivity contribution in [2.24, 2.45) is 0 Å². The fourth-order valence-electron chi connectivity index (χ4n) is 2.47. The highest BCUT2D eigenvalue weighted by Crippen LogP contribution is 2.29. The molecule has 2 aromatic carbocycles. The van der Waals surface area contributed by atoms with Gasteiger partial charge in [-0.05, 0) is 43.7 Å². The van der Waals surface area contributed by atoms with Gasteiger partial charge in [0.25, 0.3) is 0 Å². The second kappa shape index (κ2) is 8.19. The maximum absolute atomic E-state index is 8.70. The number of hydrogen-bond donors (Lipinski definition) is 0. The Hall–Kier alpha value is -2.29. The number of halogens is 1. The van der Waals surface area contributed by atoms with Gasteiger partial charge in [0.05, 0.1) is 6.07 Å². The second-order valence-corrected chi connectivity index (χ2v) is 7.10. The number of nitriles is 1. The van der Waals surface area contributed by atoms with Crippen LogP contribution < -0.4 is 0 Å². The summed E-state index contributed by atoms with van der Waals surface area (Å²) in [5.41, 5.74) is 3.16. The van der Waals surface area contributed by atoms with E-state index < -0.39 is 0 Å². The molecule has 0 saturated carbocycles. The third-order valence-electron chi connectivity index (χ3n) is 3.66. The first-order valence-electron chi connectivity index (χ1n) is 7.97. The highest BCUT2D eigenvalue weighted by atomic mass is 35.5. The summed E-state index contributed by atoms with van der Waals surface area (Å²) in [6.07, 6.45) is 1.38. The van der Waals surface area contributed by atoms with Crippen molar-refractivity contribution in [2.45, 2.75) is 24.9 Å². The molecule has 0 spiro atoms. The van der Waals surface area contributed by atoms with Crippen LogP contribution in [0.25, 0.3) is 17.1 Å². The standard InChI is InChI=1S/C19H17ClN4S/c1-14-5-4-6-15(13-14)18-22-23-19(25-12-3-2-11-21)24(18)17-9-7-16(20)8-10-17/h4-10,13H,2-3,12H2,1H3. The molecule has 0 amide bonds. The monoisotopic (exact) mass is 368 g/mol. The highest BCUT2D eigenvalue weighted by molar-refractivity contribution is 7.99. The van der Waals surface area contributed by atoms with Crippen LogP contribution in [0.3, 0.4) is 0 Å². The zero-order chi connectivity index (χ0) is 17.6. The van der Waals surface area contributed by atoms with Gasteiger partial charge in [-0.15, -0.1) is 10.2 Å². The Balaban J connectivity index is 2.02.